The molecule has 0 N–H and O–H groups in total. The molecular weight excluding hydrogens is 653 g/mol. The van der Waals surface area contributed by atoms with E-state index in [2.05, 4.69) is 221 Å². The predicted octanol–water partition coefficient (Wildman–Crippen LogP) is 14.0. The van der Waals surface area contributed by atoms with Crippen LogP contribution in [0.25, 0.3) is 27.8 Å². The number of rotatable bonds is 8. The average Bonchev–Trinajstić information content (AvgIpc) is 3.46. The van der Waals surface area contributed by atoms with Crippen LogP contribution in [-0.4, -0.2) is 13.1 Å². The summed E-state index contributed by atoms with van der Waals surface area (Å²) in [6, 6.07) is 42.9. The fraction of sp³-hybridized carbons (Fsp3) is 0.192. The summed E-state index contributed by atoms with van der Waals surface area (Å²) in [6.45, 7) is 8.88. The van der Waals surface area contributed by atoms with Crippen molar-refractivity contribution in [1.29, 1.82) is 0 Å². The maximum atomic E-state index is 2.55. The van der Waals surface area contributed by atoms with Crippen molar-refractivity contribution >= 4 is 22.6 Å². The molecule has 2 aliphatic rings. The van der Waals surface area contributed by atoms with Gasteiger partial charge in [-0.1, -0.05) is 134 Å². The minimum Gasteiger partial charge on any atom is -0.344 e. The fourth-order valence-corrected chi connectivity index (χ4v) is 7.86. The van der Waals surface area contributed by atoms with Gasteiger partial charge in [-0.25, -0.2) is 0 Å². The molecule has 0 bridgehead atoms. The number of anilines is 3. The number of hydrogen-bond donors (Lipinski definition) is 0. The van der Waals surface area contributed by atoms with Crippen LogP contribution in [0.5, 0.6) is 0 Å². The van der Waals surface area contributed by atoms with Crippen LogP contribution in [-0.2, 0) is 6.42 Å². The number of fused-ring (bicyclic) bond motifs is 1. The Kier molecular flexibility index (Phi) is 11.4. The van der Waals surface area contributed by atoms with Gasteiger partial charge in [0.1, 0.15) is 0 Å². The highest BCUT2D eigenvalue weighted by molar-refractivity contribution is 5.81. The molecule has 5 aromatic rings. The van der Waals surface area contributed by atoms with Crippen LogP contribution in [0.4, 0.5) is 17.1 Å². The lowest BCUT2D eigenvalue weighted by Crippen LogP contribution is -2.27. The van der Waals surface area contributed by atoms with Gasteiger partial charge < -0.3 is 9.80 Å². The Morgan fingerprint density at radius 2 is 1.44 bits per heavy atom. The van der Waals surface area contributed by atoms with E-state index >= 15 is 0 Å². The molecule has 2 atom stereocenters. The van der Waals surface area contributed by atoms with Gasteiger partial charge in [0.05, 0.1) is 0 Å². The quantitative estimate of drug-likeness (QED) is 0.148. The minimum atomic E-state index is 0.167. The highest BCUT2D eigenvalue weighted by atomic mass is 15.2. The molecule has 0 aromatic heterocycles. The van der Waals surface area contributed by atoms with E-state index in [1.807, 2.05) is 0 Å². The number of likely N-dealkylation sites (N-methyl/N-ethyl adjacent to an activating group) is 1. The molecule has 1 heterocycles. The second-order valence-corrected chi connectivity index (χ2v) is 14.6. The second-order valence-electron chi connectivity index (χ2n) is 14.6. The van der Waals surface area contributed by atoms with Crippen LogP contribution in [0.3, 0.4) is 0 Å². The van der Waals surface area contributed by atoms with Crippen molar-refractivity contribution in [2.75, 3.05) is 16.8 Å². The summed E-state index contributed by atoms with van der Waals surface area (Å²) in [5, 5.41) is 0. The largest absolute Gasteiger partial charge is 0.344 e. The topological polar surface area (TPSA) is 6.48 Å². The maximum absolute atomic E-state index is 2.55. The Hall–Kier alpha value is -5.86. The molecule has 7 rings (SSSR count). The molecule has 2 nitrogen and oxygen atoms in total. The molecule has 1 aliphatic heterocycles. The third-order valence-electron chi connectivity index (χ3n) is 10.8. The number of aryl methyl sites for hydroxylation is 1. The summed E-state index contributed by atoms with van der Waals surface area (Å²) < 4.78 is 0. The summed E-state index contributed by atoms with van der Waals surface area (Å²) in [6.07, 6.45) is 25.5. The Bertz CT molecular complexity index is 2260. The van der Waals surface area contributed by atoms with Gasteiger partial charge in [0.2, 0.25) is 0 Å². The minimum absolute atomic E-state index is 0.167. The first-order chi connectivity index (χ1) is 26.4. The van der Waals surface area contributed by atoms with Crippen LogP contribution < -0.4 is 9.80 Å². The van der Waals surface area contributed by atoms with Gasteiger partial charge in [0.15, 0.2) is 0 Å². The molecule has 0 saturated carbocycles. The second kappa shape index (κ2) is 16.9. The van der Waals surface area contributed by atoms with Crippen LogP contribution in [0.1, 0.15) is 61.8 Å². The molecular formula is C52H52N2. The molecule has 0 amide bonds. The first kappa shape index (κ1) is 36.5. The van der Waals surface area contributed by atoms with E-state index in [-0.39, 0.29) is 6.04 Å². The molecule has 5 aromatic carbocycles. The highest BCUT2D eigenvalue weighted by Gasteiger charge is 2.22. The van der Waals surface area contributed by atoms with Gasteiger partial charge >= 0.3 is 0 Å². The third-order valence-corrected chi connectivity index (χ3v) is 10.8. The van der Waals surface area contributed by atoms with Crippen molar-refractivity contribution in [2.45, 2.75) is 58.9 Å². The monoisotopic (exact) mass is 704 g/mol. The van der Waals surface area contributed by atoms with E-state index in [0.29, 0.717) is 5.92 Å². The molecule has 0 radical (unpaired) electrons. The van der Waals surface area contributed by atoms with E-state index in [4.69, 9.17) is 0 Å². The number of nitrogens with zero attached hydrogens (tertiary/aromatic N) is 2. The van der Waals surface area contributed by atoms with Gasteiger partial charge in [-0.05, 0) is 140 Å². The normalized spacial score (nSPS) is 18.6. The predicted molar refractivity (Wildman–Crippen MR) is 235 cm³/mol. The lowest BCUT2D eigenvalue weighted by molar-refractivity contribution is 0.754. The van der Waals surface area contributed by atoms with E-state index in [1.54, 1.807) is 0 Å². The van der Waals surface area contributed by atoms with Crippen LogP contribution in [0.15, 0.2) is 182 Å². The lowest BCUT2D eigenvalue weighted by atomic mass is 9.92. The SMILES string of the molecule is C/C=C\C(=C(/C)c1cccc(-c2ccc3c(c2)N(c2cc(C)cc(C4C=CC=CCC4)c2)C(C)/C=C\C=C/C3)c1)N(C)c1ccc(-c2ccccc2)cc1. The first-order valence-corrected chi connectivity index (χ1v) is 19.4. The van der Waals surface area contributed by atoms with Crippen molar-refractivity contribution in [3.63, 3.8) is 0 Å². The molecule has 1 aliphatic carbocycles. The van der Waals surface area contributed by atoms with Crippen LogP contribution >= 0.6 is 0 Å². The molecule has 0 spiro atoms. The first-order valence-electron chi connectivity index (χ1n) is 19.4. The highest BCUT2D eigenvalue weighted by Crippen LogP contribution is 2.39. The summed E-state index contributed by atoms with van der Waals surface area (Å²) in [4.78, 5) is 4.84. The Labute approximate surface area is 323 Å². The summed E-state index contributed by atoms with van der Waals surface area (Å²) in [5.41, 5.74) is 16.2. The molecule has 2 unspecified atom stereocenters. The molecule has 270 valence electrons. The van der Waals surface area contributed by atoms with Gasteiger partial charge in [-0.3, -0.25) is 0 Å². The van der Waals surface area contributed by atoms with Crippen molar-refractivity contribution in [3.8, 4) is 22.3 Å². The van der Waals surface area contributed by atoms with Gasteiger partial charge in [0, 0.05) is 41.8 Å². The van der Waals surface area contributed by atoms with Crippen molar-refractivity contribution in [3.05, 3.63) is 204 Å². The zero-order valence-corrected chi connectivity index (χ0v) is 32.4. The number of benzene rings is 5. The van der Waals surface area contributed by atoms with E-state index in [9.17, 15) is 0 Å². The molecule has 0 fully saturated rings. The van der Waals surface area contributed by atoms with E-state index in [0.717, 1.165) is 24.9 Å². The van der Waals surface area contributed by atoms with Gasteiger partial charge in [-0.2, -0.15) is 0 Å². The number of allylic oxidation sites excluding steroid dienone is 10. The van der Waals surface area contributed by atoms with Crippen molar-refractivity contribution in [2.24, 2.45) is 0 Å². The zero-order chi connectivity index (χ0) is 37.4. The van der Waals surface area contributed by atoms with Crippen LogP contribution in [0.2, 0.25) is 0 Å². The Balaban J connectivity index is 1.25. The number of hydrogen-bond acceptors (Lipinski definition) is 2. The lowest BCUT2D eigenvalue weighted by Gasteiger charge is -2.33. The Morgan fingerprint density at radius 1 is 0.722 bits per heavy atom. The summed E-state index contributed by atoms with van der Waals surface area (Å²) in [7, 11) is 2.16. The summed E-state index contributed by atoms with van der Waals surface area (Å²) in [5.74, 6) is 0.411. The van der Waals surface area contributed by atoms with E-state index < -0.39 is 0 Å². The Morgan fingerprint density at radius 3 is 2.26 bits per heavy atom. The third kappa shape index (κ3) is 8.19. The van der Waals surface area contributed by atoms with Crippen LogP contribution in [0, 0.1) is 6.92 Å². The molecule has 54 heavy (non-hydrogen) atoms. The van der Waals surface area contributed by atoms with Crippen molar-refractivity contribution < 1.29 is 0 Å². The van der Waals surface area contributed by atoms with Gasteiger partial charge in [0.25, 0.3) is 0 Å². The smallest absolute Gasteiger partial charge is 0.0497 e. The fourth-order valence-electron chi connectivity index (χ4n) is 7.86. The molecule has 2 heteroatoms. The standard InChI is InChI=1S/C52H52N2/c1-6-18-51(53(5)49-31-29-43(30-32-49)41-20-14-10-15-21-41)40(4)45-25-17-26-46(35-45)47-28-27-44-24-16-9-11-19-39(3)54(52(44)37-47)50-34-38(2)33-48(36-50)42-22-12-7-8-13-23-42/h6-12,14-22,25-37,39,42H,13,23-24H2,1-5H3/b16-9-,18-6-,19-11-,51-40-. The van der Waals surface area contributed by atoms with Gasteiger partial charge in [-0.15, -0.1) is 0 Å². The van der Waals surface area contributed by atoms with E-state index in [1.165, 1.54) is 67.2 Å². The van der Waals surface area contributed by atoms with Crippen molar-refractivity contribution in [1.82, 2.24) is 0 Å². The maximum Gasteiger partial charge on any atom is 0.0497 e. The summed E-state index contributed by atoms with van der Waals surface area (Å²) >= 11 is 0. The average molecular weight is 705 g/mol. The zero-order valence-electron chi connectivity index (χ0n) is 32.4. The molecule has 0 saturated heterocycles.